The maximum absolute atomic E-state index is 12.9. The molecule has 0 bridgehead atoms. The van der Waals surface area contributed by atoms with Crippen LogP contribution in [-0.2, 0) is 0 Å². The average molecular weight is 187 g/mol. The van der Waals surface area contributed by atoms with Crippen molar-refractivity contribution in [3.05, 3.63) is 60.2 Å². The van der Waals surface area contributed by atoms with Gasteiger partial charge in [-0.15, -0.1) is 0 Å². The fraction of sp³-hybridized carbons (Fsp3) is 0.0833. The monoisotopic (exact) mass is 187 g/mol. The minimum Gasteiger partial charge on any atom is -0.200 e. The summed E-state index contributed by atoms with van der Waals surface area (Å²) in [6, 6.07) is 11.8. The van der Waals surface area contributed by atoms with E-state index in [9.17, 15) is 4.39 Å². The first-order valence-corrected chi connectivity index (χ1v) is 4.41. The number of aryl methyl sites for hydroxylation is 1. The molecular weight excluding hydrogens is 177 g/mol. The molecule has 69 valence electrons. The van der Waals surface area contributed by atoms with Crippen LogP contribution in [0.3, 0.4) is 0 Å². The van der Waals surface area contributed by atoms with Gasteiger partial charge in [-0.05, 0) is 24.6 Å². The molecule has 1 aromatic heterocycles. The Morgan fingerprint density at radius 1 is 1.36 bits per heavy atom. The highest BCUT2D eigenvalue weighted by atomic mass is 19.1. The van der Waals surface area contributed by atoms with Crippen molar-refractivity contribution in [2.24, 2.45) is 0 Å². The Labute approximate surface area is 82.4 Å². The lowest BCUT2D eigenvalue weighted by Gasteiger charge is -1.96. The van der Waals surface area contributed by atoms with Crippen LogP contribution in [0.2, 0.25) is 0 Å². The van der Waals surface area contributed by atoms with Crippen LogP contribution in [0.25, 0.3) is 5.69 Å². The van der Waals surface area contributed by atoms with Crippen LogP contribution in [0.5, 0.6) is 0 Å². The number of rotatable bonds is 1. The second-order valence-electron chi connectivity index (χ2n) is 3.20. The van der Waals surface area contributed by atoms with E-state index in [0.717, 1.165) is 11.3 Å². The van der Waals surface area contributed by atoms with E-state index in [1.54, 1.807) is 10.6 Å². The highest BCUT2D eigenvalue weighted by molar-refractivity contribution is 5.26. The number of hydrogen-bond donors (Lipinski definition) is 0. The SMILES string of the molecule is Cc1c[c]cc(-[n+]2cccc(F)c2)c1. The zero-order valence-corrected chi connectivity index (χ0v) is 7.87. The number of hydrogen-bond acceptors (Lipinski definition) is 0. The van der Waals surface area contributed by atoms with Crippen molar-refractivity contribution in [1.82, 2.24) is 0 Å². The maximum Gasteiger partial charge on any atom is 0.211 e. The van der Waals surface area contributed by atoms with E-state index in [1.165, 1.54) is 12.3 Å². The molecule has 0 aliphatic heterocycles. The van der Waals surface area contributed by atoms with Gasteiger partial charge in [0.15, 0.2) is 12.0 Å². The molecule has 2 aromatic rings. The molecule has 0 saturated carbocycles. The summed E-state index contributed by atoms with van der Waals surface area (Å²) < 4.78 is 14.7. The molecule has 0 atom stereocenters. The Hall–Kier alpha value is -1.70. The first-order valence-electron chi connectivity index (χ1n) is 4.41. The van der Waals surface area contributed by atoms with Crippen LogP contribution in [0, 0.1) is 18.8 Å². The molecule has 14 heavy (non-hydrogen) atoms. The number of halogens is 1. The van der Waals surface area contributed by atoms with E-state index in [0.29, 0.717) is 0 Å². The Balaban J connectivity index is 2.49. The van der Waals surface area contributed by atoms with E-state index >= 15 is 0 Å². The van der Waals surface area contributed by atoms with Gasteiger partial charge in [-0.25, -0.2) is 4.39 Å². The van der Waals surface area contributed by atoms with Gasteiger partial charge in [-0.2, -0.15) is 4.57 Å². The lowest BCUT2D eigenvalue weighted by molar-refractivity contribution is -0.597. The molecule has 0 aliphatic carbocycles. The molecular formula is C12H10FN+. The van der Waals surface area contributed by atoms with Crippen LogP contribution in [-0.4, -0.2) is 0 Å². The van der Waals surface area contributed by atoms with Crippen LogP contribution in [0.4, 0.5) is 4.39 Å². The third-order valence-electron chi connectivity index (χ3n) is 1.98. The van der Waals surface area contributed by atoms with Gasteiger partial charge in [0.1, 0.15) is 0 Å². The summed E-state index contributed by atoms with van der Waals surface area (Å²) in [5, 5.41) is 0. The largest absolute Gasteiger partial charge is 0.211 e. The van der Waals surface area contributed by atoms with Crippen LogP contribution in [0.1, 0.15) is 5.56 Å². The van der Waals surface area contributed by atoms with E-state index in [-0.39, 0.29) is 5.82 Å². The van der Waals surface area contributed by atoms with Gasteiger partial charge >= 0.3 is 0 Å². The van der Waals surface area contributed by atoms with E-state index < -0.39 is 0 Å². The molecule has 0 aliphatic rings. The molecule has 1 heterocycles. The summed E-state index contributed by atoms with van der Waals surface area (Å²) in [4.78, 5) is 0. The van der Waals surface area contributed by atoms with Crippen molar-refractivity contribution in [3.63, 3.8) is 0 Å². The third kappa shape index (κ3) is 1.79. The van der Waals surface area contributed by atoms with Gasteiger partial charge < -0.3 is 0 Å². The number of benzene rings is 1. The van der Waals surface area contributed by atoms with Gasteiger partial charge in [-0.1, -0.05) is 6.07 Å². The van der Waals surface area contributed by atoms with Crippen molar-refractivity contribution in [2.75, 3.05) is 0 Å². The first kappa shape index (κ1) is 8.88. The second-order valence-corrected chi connectivity index (χ2v) is 3.20. The van der Waals surface area contributed by atoms with Crippen LogP contribution in [0.15, 0.2) is 42.7 Å². The number of nitrogens with zero attached hydrogens (tertiary/aromatic N) is 1. The van der Waals surface area contributed by atoms with E-state index in [1.807, 2.05) is 31.3 Å². The lowest BCUT2D eigenvalue weighted by Crippen LogP contribution is -2.29. The molecule has 0 N–H and O–H groups in total. The third-order valence-corrected chi connectivity index (χ3v) is 1.98. The fourth-order valence-electron chi connectivity index (χ4n) is 1.33. The van der Waals surface area contributed by atoms with Gasteiger partial charge in [0.25, 0.3) is 0 Å². The van der Waals surface area contributed by atoms with Crippen molar-refractivity contribution in [3.8, 4) is 5.69 Å². The predicted octanol–water partition coefficient (Wildman–Crippen LogP) is 2.21. The van der Waals surface area contributed by atoms with Gasteiger partial charge in [0.2, 0.25) is 11.9 Å². The molecule has 1 aromatic carbocycles. The molecule has 0 unspecified atom stereocenters. The van der Waals surface area contributed by atoms with Gasteiger partial charge in [0.05, 0.1) is 0 Å². The molecule has 0 fully saturated rings. The quantitative estimate of drug-likeness (QED) is 0.603. The summed E-state index contributed by atoms with van der Waals surface area (Å²) in [6.07, 6.45) is 3.26. The summed E-state index contributed by atoms with van der Waals surface area (Å²) >= 11 is 0. The molecule has 2 heteroatoms. The summed E-state index contributed by atoms with van der Waals surface area (Å²) in [5.74, 6) is -0.242. The van der Waals surface area contributed by atoms with Crippen molar-refractivity contribution in [1.29, 1.82) is 0 Å². The average Bonchev–Trinajstić information content (AvgIpc) is 2.18. The molecule has 0 saturated heterocycles. The smallest absolute Gasteiger partial charge is 0.200 e. The number of aromatic nitrogens is 1. The molecule has 0 spiro atoms. The first-order chi connectivity index (χ1) is 6.75. The summed E-state index contributed by atoms with van der Waals surface area (Å²) in [6.45, 7) is 1.99. The fourth-order valence-corrected chi connectivity index (χ4v) is 1.33. The van der Waals surface area contributed by atoms with Crippen molar-refractivity contribution in [2.45, 2.75) is 6.92 Å². The predicted molar refractivity (Wildman–Crippen MR) is 51.5 cm³/mol. The minimum absolute atomic E-state index is 0.242. The Bertz CT molecular complexity index is 408. The molecule has 1 radical (unpaired) electrons. The van der Waals surface area contributed by atoms with Gasteiger partial charge in [-0.3, -0.25) is 0 Å². The highest BCUT2D eigenvalue weighted by Crippen LogP contribution is 2.03. The zero-order chi connectivity index (χ0) is 9.97. The second kappa shape index (κ2) is 3.58. The van der Waals surface area contributed by atoms with E-state index in [2.05, 4.69) is 6.07 Å². The van der Waals surface area contributed by atoms with Crippen LogP contribution < -0.4 is 4.57 Å². The highest BCUT2D eigenvalue weighted by Gasteiger charge is 2.05. The Morgan fingerprint density at radius 2 is 2.21 bits per heavy atom. The molecule has 1 nitrogen and oxygen atoms in total. The van der Waals surface area contributed by atoms with E-state index in [4.69, 9.17) is 0 Å². The van der Waals surface area contributed by atoms with Crippen LogP contribution >= 0.6 is 0 Å². The Morgan fingerprint density at radius 3 is 2.93 bits per heavy atom. The maximum atomic E-state index is 12.9. The summed E-state index contributed by atoms with van der Waals surface area (Å²) in [7, 11) is 0. The Kier molecular flexibility index (Phi) is 2.27. The van der Waals surface area contributed by atoms with Crippen molar-refractivity contribution < 1.29 is 8.96 Å². The minimum atomic E-state index is -0.242. The normalized spacial score (nSPS) is 10.1. The van der Waals surface area contributed by atoms with Crippen molar-refractivity contribution >= 4 is 0 Å². The zero-order valence-electron chi connectivity index (χ0n) is 7.87. The summed E-state index contributed by atoms with van der Waals surface area (Å²) in [5.41, 5.74) is 2.03. The molecule has 2 rings (SSSR count). The standard InChI is InChI=1S/C12H10FN/c1-10-4-2-6-12(8-10)14-7-3-5-11(13)9-14/h3-9H,1H3/q+1. The topological polar surface area (TPSA) is 3.88 Å². The number of pyridine rings is 1. The molecule has 0 amide bonds. The lowest BCUT2D eigenvalue weighted by atomic mass is 10.2. The van der Waals surface area contributed by atoms with Gasteiger partial charge in [0, 0.05) is 18.2 Å².